The van der Waals surface area contributed by atoms with Gasteiger partial charge in [0.15, 0.2) is 0 Å². The molecule has 4 rings (SSSR count). The second-order valence-corrected chi connectivity index (χ2v) is 7.70. The first-order valence-corrected chi connectivity index (χ1v) is 9.18. The van der Waals surface area contributed by atoms with Gasteiger partial charge in [0.1, 0.15) is 0 Å². The number of nitrogens with one attached hydrogen (secondary N) is 1. The lowest BCUT2D eigenvalue weighted by atomic mass is 9.97. The number of pyridine rings is 1. The Morgan fingerprint density at radius 1 is 0.962 bits per heavy atom. The van der Waals surface area contributed by atoms with Crippen LogP contribution in [0.3, 0.4) is 0 Å². The molecule has 128 valence electrons. The molecule has 0 saturated heterocycles. The first-order valence-electron chi connectivity index (χ1n) is 8.36. The van der Waals surface area contributed by atoms with Crippen LogP contribution in [0.2, 0.25) is 0 Å². The third-order valence-electron chi connectivity index (χ3n) is 4.40. The lowest BCUT2D eigenvalue weighted by Gasteiger charge is -2.09. The van der Waals surface area contributed by atoms with Crippen molar-refractivity contribution >= 4 is 28.0 Å². The van der Waals surface area contributed by atoms with Gasteiger partial charge in [-0.05, 0) is 55.3 Å². The summed E-state index contributed by atoms with van der Waals surface area (Å²) in [6.07, 6.45) is 0. The van der Waals surface area contributed by atoms with Crippen molar-refractivity contribution in [2.75, 3.05) is 0 Å². The van der Waals surface area contributed by atoms with Crippen LogP contribution >= 0.6 is 11.3 Å². The fourth-order valence-electron chi connectivity index (χ4n) is 3.15. The number of carbonyl (C=O) groups is 1. The maximum Gasteiger partial charge on any atom is 0.249 e. The third kappa shape index (κ3) is 3.00. The van der Waals surface area contributed by atoms with Crippen molar-refractivity contribution in [3.63, 3.8) is 0 Å². The SMILES string of the molecule is Cc1cccc(-c2cc(=O)[nH]c3ccc(C(=O)c4ccc(C)s4)cc23)c1. The highest BCUT2D eigenvalue weighted by Crippen LogP contribution is 2.29. The smallest absolute Gasteiger partial charge is 0.249 e. The number of thiophene rings is 1. The van der Waals surface area contributed by atoms with Crippen LogP contribution in [0.25, 0.3) is 22.0 Å². The monoisotopic (exact) mass is 359 g/mol. The van der Waals surface area contributed by atoms with E-state index in [1.807, 2.05) is 62.4 Å². The number of hydrogen-bond donors (Lipinski definition) is 1. The standard InChI is InChI=1S/C22H17NO2S/c1-13-4-3-5-15(10-13)17-12-21(24)23-19-8-7-16(11-18(17)19)22(25)20-9-6-14(2)26-20/h3-12H,1-2H3,(H,23,24). The molecule has 1 N–H and O–H groups in total. The second kappa shape index (κ2) is 6.39. The van der Waals surface area contributed by atoms with Crippen molar-refractivity contribution < 1.29 is 4.79 Å². The molecule has 0 fully saturated rings. The Morgan fingerprint density at radius 3 is 2.54 bits per heavy atom. The van der Waals surface area contributed by atoms with Gasteiger partial charge in [-0.15, -0.1) is 11.3 Å². The zero-order valence-corrected chi connectivity index (χ0v) is 15.3. The molecule has 0 bridgehead atoms. The molecule has 0 amide bonds. The van der Waals surface area contributed by atoms with Crippen molar-refractivity contribution in [1.29, 1.82) is 0 Å². The van der Waals surface area contributed by atoms with Crippen molar-refractivity contribution in [3.8, 4) is 11.1 Å². The summed E-state index contributed by atoms with van der Waals surface area (Å²) in [6.45, 7) is 4.01. The van der Waals surface area contributed by atoms with Crippen LogP contribution in [0.1, 0.15) is 25.7 Å². The summed E-state index contributed by atoms with van der Waals surface area (Å²) in [7, 11) is 0. The van der Waals surface area contributed by atoms with Crippen LogP contribution in [-0.2, 0) is 0 Å². The summed E-state index contributed by atoms with van der Waals surface area (Å²) in [4.78, 5) is 29.6. The van der Waals surface area contributed by atoms with Crippen LogP contribution in [-0.4, -0.2) is 10.8 Å². The van der Waals surface area contributed by atoms with E-state index >= 15 is 0 Å². The van der Waals surface area contributed by atoms with E-state index in [1.165, 1.54) is 11.3 Å². The molecule has 2 heterocycles. The number of rotatable bonds is 3. The number of H-pyrrole nitrogens is 1. The molecule has 0 aliphatic rings. The summed E-state index contributed by atoms with van der Waals surface area (Å²) in [6, 6.07) is 18.9. The Labute approximate surface area is 155 Å². The van der Waals surface area contributed by atoms with E-state index in [-0.39, 0.29) is 11.3 Å². The number of fused-ring (bicyclic) bond motifs is 1. The van der Waals surface area contributed by atoms with E-state index in [1.54, 1.807) is 12.1 Å². The molecule has 2 aromatic heterocycles. The highest BCUT2D eigenvalue weighted by Gasteiger charge is 2.14. The van der Waals surface area contributed by atoms with Gasteiger partial charge in [-0.2, -0.15) is 0 Å². The quantitative estimate of drug-likeness (QED) is 0.517. The van der Waals surface area contributed by atoms with Crippen molar-refractivity contribution in [1.82, 2.24) is 4.98 Å². The molecule has 2 aromatic carbocycles. The van der Waals surface area contributed by atoms with Gasteiger partial charge in [-0.3, -0.25) is 9.59 Å². The molecule has 4 heteroatoms. The Kier molecular flexibility index (Phi) is 4.05. The molecule has 4 aromatic rings. The molecule has 0 atom stereocenters. The lowest BCUT2D eigenvalue weighted by Crippen LogP contribution is -2.06. The Hall–Kier alpha value is -2.98. The molecule has 0 radical (unpaired) electrons. The largest absolute Gasteiger partial charge is 0.322 e. The minimum atomic E-state index is -0.151. The van der Waals surface area contributed by atoms with E-state index in [9.17, 15) is 9.59 Å². The van der Waals surface area contributed by atoms with Gasteiger partial charge in [0.25, 0.3) is 0 Å². The molecule has 0 saturated carbocycles. The number of benzene rings is 2. The van der Waals surface area contributed by atoms with Crippen molar-refractivity contribution in [2.45, 2.75) is 13.8 Å². The first-order chi connectivity index (χ1) is 12.5. The van der Waals surface area contributed by atoms with Gasteiger partial charge < -0.3 is 4.98 Å². The minimum Gasteiger partial charge on any atom is -0.322 e. The maximum atomic E-state index is 12.8. The molecule has 0 spiro atoms. The van der Waals surface area contributed by atoms with Gasteiger partial charge in [-0.25, -0.2) is 0 Å². The Balaban J connectivity index is 1.92. The van der Waals surface area contributed by atoms with Crippen LogP contribution in [0.15, 0.2) is 65.5 Å². The van der Waals surface area contributed by atoms with Gasteiger partial charge in [-0.1, -0.05) is 29.8 Å². The normalized spacial score (nSPS) is 11.0. The lowest BCUT2D eigenvalue weighted by molar-refractivity contribution is 0.104. The molecule has 0 aliphatic heterocycles. The van der Waals surface area contributed by atoms with E-state index in [2.05, 4.69) is 4.98 Å². The number of aryl methyl sites for hydroxylation is 2. The summed E-state index contributed by atoms with van der Waals surface area (Å²) in [5, 5.41) is 0.870. The van der Waals surface area contributed by atoms with Gasteiger partial charge >= 0.3 is 0 Å². The molecular formula is C22H17NO2S. The molecule has 0 unspecified atom stereocenters. The predicted octanol–water partition coefficient (Wildman–Crippen LogP) is 5.10. The molecule has 0 aliphatic carbocycles. The predicted molar refractivity (Wildman–Crippen MR) is 107 cm³/mol. The average Bonchev–Trinajstić information content (AvgIpc) is 3.06. The molecule has 3 nitrogen and oxygen atoms in total. The highest BCUT2D eigenvalue weighted by molar-refractivity contribution is 7.14. The zero-order valence-electron chi connectivity index (χ0n) is 14.5. The van der Waals surface area contributed by atoms with E-state index in [0.29, 0.717) is 5.56 Å². The van der Waals surface area contributed by atoms with Crippen molar-refractivity contribution in [3.05, 3.63) is 91.9 Å². The summed E-state index contributed by atoms with van der Waals surface area (Å²) >= 11 is 1.49. The average molecular weight is 359 g/mol. The van der Waals surface area contributed by atoms with Crippen LogP contribution in [0.5, 0.6) is 0 Å². The van der Waals surface area contributed by atoms with Crippen LogP contribution < -0.4 is 5.56 Å². The van der Waals surface area contributed by atoms with Crippen molar-refractivity contribution in [2.24, 2.45) is 0 Å². The Bertz CT molecular complexity index is 1200. The van der Waals surface area contributed by atoms with Gasteiger partial charge in [0.05, 0.1) is 4.88 Å². The molecule has 26 heavy (non-hydrogen) atoms. The number of aromatic amines is 1. The fraction of sp³-hybridized carbons (Fsp3) is 0.0909. The summed E-state index contributed by atoms with van der Waals surface area (Å²) in [5.41, 5.74) is 4.13. The topological polar surface area (TPSA) is 49.9 Å². The minimum absolute atomic E-state index is 0.00592. The Morgan fingerprint density at radius 2 is 1.81 bits per heavy atom. The molecular weight excluding hydrogens is 342 g/mol. The first kappa shape index (κ1) is 16.5. The number of ketones is 1. The third-order valence-corrected chi connectivity index (χ3v) is 5.40. The number of hydrogen-bond acceptors (Lipinski definition) is 3. The second-order valence-electron chi connectivity index (χ2n) is 6.42. The summed E-state index contributed by atoms with van der Waals surface area (Å²) < 4.78 is 0. The van der Waals surface area contributed by atoms with Gasteiger partial charge in [0, 0.05) is 27.4 Å². The van der Waals surface area contributed by atoms with E-state index in [0.717, 1.165) is 37.3 Å². The van der Waals surface area contributed by atoms with E-state index in [4.69, 9.17) is 0 Å². The van der Waals surface area contributed by atoms with Crippen LogP contribution in [0, 0.1) is 13.8 Å². The van der Waals surface area contributed by atoms with E-state index < -0.39 is 0 Å². The zero-order chi connectivity index (χ0) is 18.3. The number of aromatic nitrogens is 1. The highest BCUT2D eigenvalue weighted by atomic mass is 32.1. The van der Waals surface area contributed by atoms with Crippen LogP contribution in [0.4, 0.5) is 0 Å². The maximum absolute atomic E-state index is 12.8. The fourth-order valence-corrected chi connectivity index (χ4v) is 3.97. The summed E-state index contributed by atoms with van der Waals surface area (Å²) in [5.74, 6) is 0.00592. The van der Waals surface area contributed by atoms with Gasteiger partial charge in [0.2, 0.25) is 11.3 Å². The number of carbonyl (C=O) groups excluding carboxylic acids is 1.